The van der Waals surface area contributed by atoms with Crippen LogP contribution in [0.2, 0.25) is 0 Å². The SMILES string of the molecule is Cl.OC1(c2ccc3c(c2)OCO3)C(c2ccc(F)cc2)SC2=NCCCCN21. The van der Waals surface area contributed by atoms with E-state index in [0.717, 1.165) is 35.7 Å². The first-order valence-electron chi connectivity index (χ1n) is 9.03. The van der Waals surface area contributed by atoms with Crippen LogP contribution in [-0.4, -0.2) is 35.1 Å². The number of benzene rings is 2. The summed E-state index contributed by atoms with van der Waals surface area (Å²) in [4.78, 5) is 6.67. The van der Waals surface area contributed by atoms with Crippen molar-refractivity contribution in [3.63, 3.8) is 0 Å². The number of hydrogen-bond acceptors (Lipinski definition) is 6. The van der Waals surface area contributed by atoms with Crippen LogP contribution in [0.1, 0.15) is 29.2 Å². The highest BCUT2D eigenvalue weighted by atomic mass is 35.5. The van der Waals surface area contributed by atoms with Crippen LogP contribution in [0.15, 0.2) is 47.5 Å². The highest BCUT2D eigenvalue weighted by Gasteiger charge is 2.53. The average Bonchev–Trinajstić information content (AvgIpc) is 3.17. The Hall–Kier alpha value is -1.96. The van der Waals surface area contributed by atoms with Gasteiger partial charge in [0, 0.05) is 18.7 Å². The van der Waals surface area contributed by atoms with Crippen LogP contribution in [0.5, 0.6) is 11.5 Å². The molecule has 8 heteroatoms. The molecule has 0 amide bonds. The molecule has 2 aromatic rings. The highest BCUT2D eigenvalue weighted by molar-refractivity contribution is 8.14. The molecular formula is C20H20ClFN2O3S. The van der Waals surface area contributed by atoms with Crippen LogP contribution >= 0.6 is 24.2 Å². The maximum atomic E-state index is 13.5. The van der Waals surface area contributed by atoms with Gasteiger partial charge >= 0.3 is 0 Å². The molecule has 148 valence electrons. The molecular weight excluding hydrogens is 403 g/mol. The van der Waals surface area contributed by atoms with Crippen molar-refractivity contribution in [2.24, 2.45) is 4.99 Å². The first kappa shape index (κ1) is 19.4. The van der Waals surface area contributed by atoms with Gasteiger partial charge in [-0.3, -0.25) is 4.99 Å². The molecule has 3 heterocycles. The van der Waals surface area contributed by atoms with E-state index >= 15 is 0 Å². The zero-order valence-corrected chi connectivity index (χ0v) is 16.6. The summed E-state index contributed by atoms with van der Waals surface area (Å²) in [6, 6.07) is 11.9. The van der Waals surface area contributed by atoms with E-state index in [1.54, 1.807) is 12.1 Å². The summed E-state index contributed by atoms with van der Waals surface area (Å²) in [6.45, 7) is 1.66. The molecule has 0 aliphatic carbocycles. The lowest BCUT2D eigenvalue weighted by atomic mass is 9.92. The van der Waals surface area contributed by atoms with Crippen LogP contribution in [0, 0.1) is 5.82 Å². The van der Waals surface area contributed by atoms with Gasteiger partial charge in [0.25, 0.3) is 0 Å². The van der Waals surface area contributed by atoms with E-state index < -0.39 is 5.72 Å². The Balaban J connectivity index is 0.00000192. The van der Waals surface area contributed by atoms with Gasteiger partial charge in [0.15, 0.2) is 22.4 Å². The number of amidine groups is 1. The van der Waals surface area contributed by atoms with E-state index in [9.17, 15) is 9.50 Å². The Kier molecular flexibility index (Phi) is 5.16. The molecule has 1 fully saturated rings. The van der Waals surface area contributed by atoms with Crippen molar-refractivity contribution in [3.05, 3.63) is 59.4 Å². The maximum absolute atomic E-state index is 13.5. The third-order valence-corrected chi connectivity index (χ3v) is 6.64. The lowest BCUT2D eigenvalue weighted by molar-refractivity contribution is -0.0713. The van der Waals surface area contributed by atoms with Gasteiger partial charge in [-0.15, -0.1) is 12.4 Å². The molecule has 3 aliphatic rings. The fourth-order valence-corrected chi connectivity index (χ4v) is 5.31. The number of rotatable bonds is 2. The number of aliphatic hydroxyl groups is 1. The second kappa shape index (κ2) is 7.46. The molecule has 0 spiro atoms. The summed E-state index contributed by atoms with van der Waals surface area (Å²) in [5.74, 6) is 1.01. The van der Waals surface area contributed by atoms with Crippen LogP contribution < -0.4 is 9.47 Å². The summed E-state index contributed by atoms with van der Waals surface area (Å²) < 4.78 is 24.4. The molecule has 2 aromatic carbocycles. The van der Waals surface area contributed by atoms with Crippen LogP contribution in [0.4, 0.5) is 4.39 Å². The third kappa shape index (κ3) is 3.02. The van der Waals surface area contributed by atoms with Crippen molar-refractivity contribution >= 4 is 29.3 Å². The van der Waals surface area contributed by atoms with Crippen molar-refractivity contribution in [1.82, 2.24) is 4.90 Å². The van der Waals surface area contributed by atoms with Crippen LogP contribution in [0.3, 0.4) is 0 Å². The largest absolute Gasteiger partial charge is 0.454 e. The number of nitrogens with zero attached hydrogens (tertiary/aromatic N) is 2. The normalized spacial score (nSPS) is 25.6. The first-order valence-corrected chi connectivity index (χ1v) is 9.91. The number of ether oxygens (including phenoxy) is 2. The first-order chi connectivity index (χ1) is 13.2. The Morgan fingerprint density at radius 1 is 1.11 bits per heavy atom. The highest BCUT2D eigenvalue weighted by Crippen LogP contribution is 2.55. The molecule has 3 aliphatic heterocycles. The molecule has 5 nitrogen and oxygen atoms in total. The van der Waals surface area contributed by atoms with Crippen molar-refractivity contribution in [1.29, 1.82) is 0 Å². The summed E-state index contributed by atoms with van der Waals surface area (Å²) in [5, 5.41) is 12.5. The molecule has 28 heavy (non-hydrogen) atoms. The number of halogens is 2. The summed E-state index contributed by atoms with van der Waals surface area (Å²) in [6.07, 6.45) is 1.95. The molecule has 0 radical (unpaired) electrons. The summed E-state index contributed by atoms with van der Waals surface area (Å²) in [7, 11) is 0. The Morgan fingerprint density at radius 3 is 2.71 bits per heavy atom. The van der Waals surface area contributed by atoms with E-state index in [1.807, 2.05) is 23.1 Å². The lowest BCUT2D eigenvalue weighted by Gasteiger charge is -2.38. The van der Waals surface area contributed by atoms with Crippen LogP contribution in [-0.2, 0) is 5.72 Å². The standard InChI is InChI=1S/C20H19FN2O3S.ClH/c21-15-6-3-13(4-7-15)18-20(24,23-10-2-1-9-22-19(23)27-18)14-5-8-16-17(11-14)26-12-25-16;/h3-8,11,18,24H,1-2,9-10,12H2;1H. The minimum Gasteiger partial charge on any atom is -0.454 e. The molecule has 1 saturated heterocycles. The minimum atomic E-state index is -1.30. The van der Waals surface area contributed by atoms with E-state index in [-0.39, 0.29) is 30.3 Å². The quantitative estimate of drug-likeness (QED) is 0.790. The fourth-order valence-electron chi connectivity index (χ4n) is 3.85. The Bertz CT molecular complexity index is 911. The number of hydrogen-bond donors (Lipinski definition) is 1. The van der Waals surface area contributed by atoms with E-state index in [2.05, 4.69) is 4.99 Å². The van der Waals surface area contributed by atoms with E-state index in [1.165, 1.54) is 23.9 Å². The van der Waals surface area contributed by atoms with Crippen molar-refractivity contribution in [2.45, 2.75) is 23.8 Å². The lowest BCUT2D eigenvalue weighted by Crippen LogP contribution is -2.46. The van der Waals surface area contributed by atoms with Gasteiger partial charge in [-0.05, 0) is 42.7 Å². The van der Waals surface area contributed by atoms with Crippen molar-refractivity contribution in [3.8, 4) is 11.5 Å². The molecule has 0 aromatic heterocycles. The summed E-state index contributed by atoms with van der Waals surface area (Å²) in [5.41, 5.74) is 0.283. The third-order valence-electron chi connectivity index (χ3n) is 5.24. The Morgan fingerprint density at radius 2 is 1.89 bits per heavy atom. The predicted octanol–water partition coefficient (Wildman–Crippen LogP) is 4.06. The zero-order valence-electron chi connectivity index (χ0n) is 15.0. The second-order valence-corrected chi connectivity index (χ2v) is 7.94. The molecule has 2 atom stereocenters. The summed E-state index contributed by atoms with van der Waals surface area (Å²) >= 11 is 1.53. The van der Waals surface area contributed by atoms with Gasteiger partial charge in [-0.1, -0.05) is 30.0 Å². The van der Waals surface area contributed by atoms with Crippen molar-refractivity contribution in [2.75, 3.05) is 19.9 Å². The smallest absolute Gasteiger partial charge is 0.231 e. The molecule has 0 saturated carbocycles. The topological polar surface area (TPSA) is 54.3 Å². The molecule has 2 unspecified atom stereocenters. The van der Waals surface area contributed by atoms with Gasteiger partial charge in [0.05, 0.1) is 5.25 Å². The zero-order chi connectivity index (χ0) is 18.4. The van der Waals surface area contributed by atoms with Gasteiger partial charge in [0.2, 0.25) is 6.79 Å². The molecule has 1 N–H and O–H groups in total. The number of fused-ring (bicyclic) bond motifs is 2. The van der Waals surface area contributed by atoms with Gasteiger partial charge < -0.3 is 19.5 Å². The van der Waals surface area contributed by atoms with E-state index in [4.69, 9.17) is 9.47 Å². The number of aliphatic imine (C=N–C) groups is 1. The van der Waals surface area contributed by atoms with Crippen molar-refractivity contribution < 1.29 is 19.0 Å². The van der Waals surface area contributed by atoms with Gasteiger partial charge in [0.1, 0.15) is 5.82 Å². The predicted molar refractivity (Wildman–Crippen MR) is 109 cm³/mol. The second-order valence-electron chi connectivity index (χ2n) is 6.87. The van der Waals surface area contributed by atoms with E-state index in [0.29, 0.717) is 18.0 Å². The maximum Gasteiger partial charge on any atom is 0.231 e. The Labute approximate surface area is 173 Å². The molecule has 5 rings (SSSR count). The molecule has 0 bridgehead atoms. The average molecular weight is 423 g/mol. The van der Waals surface area contributed by atoms with Gasteiger partial charge in [-0.25, -0.2) is 4.39 Å². The van der Waals surface area contributed by atoms with Crippen LogP contribution in [0.25, 0.3) is 0 Å². The number of thioether (sulfide) groups is 1. The monoisotopic (exact) mass is 422 g/mol. The minimum absolute atomic E-state index is 0. The fraction of sp³-hybridized carbons (Fsp3) is 0.350. The van der Waals surface area contributed by atoms with Gasteiger partial charge in [-0.2, -0.15) is 0 Å².